The summed E-state index contributed by atoms with van der Waals surface area (Å²) in [5.74, 6) is 0.202. The molecular formula is C26H23BrN2O4S. The molecule has 1 fully saturated rings. The topological polar surface area (TPSA) is 67.9 Å². The van der Waals surface area contributed by atoms with E-state index < -0.39 is 11.8 Å². The average Bonchev–Trinajstić information content (AvgIpc) is 2.79. The lowest BCUT2D eigenvalue weighted by atomic mass is 9.99. The molecule has 1 saturated heterocycles. The Hall–Kier alpha value is -3.23. The number of nitrogens with one attached hydrogen (secondary N) is 1. The van der Waals surface area contributed by atoms with Gasteiger partial charge in [0.05, 0.1) is 18.9 Å². The van der Waals surface area contributed by atoms with Crippen LogP contribution >= 0.6 is 28.1 Å². The molecule has 4 rings (SSSR count). The highest BCUT2D eigenvalue weighted by Gasteiger charge is 2.35. The molecule has 0 atom stereocenters. The Balaban J connectivity index is 1.89. The van der Waals surface area contributed by atoms with Crippen LogP contribution in [0.25, 0.3) is 16.8 Å². The highest BCUT2D eigenvalue weighted by molar-refractivity contribution is 9.10. The minimum atomic E-state index is -0.554. The molecule has 1 aliphatic rings. The van der Waals surface area contributed by atoms with Crippen LogP contribution < -0.4 is 19.7 Å². The van der Waals surface area contributed by atoms with Gasteiger partial charge < -0.3 is 9.47 Å². The van der Waals surface area contributed by atoms with E-state index in [0.29, 0.717) is 36.0 Å². The SMILES string of the molecule is CCOc1ccc2ccc(OCC)c(/C=C3\C(=O)NC(=S)N(c4ccc(Br)cc4C)C3=O)c2c1. The summed E-state index contributed by atoms with van der Waals surface area (Å²) in [7, 11) is 0. The van der Waals surface area contributed by atoms with Gasteiger partial charge in [-0.2, -0.15) is 0 Å². The summed E-state index contributed by atoms with van der Waals surface area (Å²) < 4.78 is 12.4. The van der Waals surface area contributed by atoms with Crippen molar-refractivity contribution in [1.82, 2.24) is 5.32 Å². The Morgan fingerprint density at radius 1 is 1.03 bits per heavy atom. The Kier molecular flexibility index (Phi) is 7.00. The first kappa shape index (κ1) is 23.9. The Morgan fingerprint density at radius 3 is 2.47 bits per heavy atom. The fourth-order valence-corrected chi connectivity index (χ4v) is 4.63. The van der Waals surface area contributed by atoms with Gasteiger partial charge in [0.25, 0.3) is 11.8 Å². The zero-order chi connectivity index (χ0) is 24.4. The zero-order valence-corrected chi connectivity index (χ0v) is 21.4. The number of hydrogen-bond acceptors (Lipinski definition) is 5. The number of carbonyl (C=O) groups is 2. The maximum absolute atomic E-state index is 13.6. The largest absolute Gasteiger partial charge is 0.494 e. The lowest BCUT2D eigenvalue weighted by Crippen LogP contribution is -2.54. The van der Waals surface area contributed by atoms with Crippen LogP contribution in [0.3, 0.4) is 0 Å². The number of hydrogen-bond donors (Lipinski definition) is 1. The van der Waals surface area contributed by atoms with Gasteiger partial charge in [0.1, 0.15) is 17.1 Å². The minimum Gasteiger partial charge on any atom is -0.494 e. The van der Waals surface area contributed by atoms with Crippen LogP contribution in [0, 0.1) is 6.92 Å². The molecule has 0 aliphatic carbocycles. The predicted octanol–water partition coefficient (Wildman–Crippen LogP) is 5.54. The molecule has 3 aromatic rings. The van der Waals surface area contributed by atoms with Crippen LogP contribution in [0.1, 0.15) is 25.0 Å². The summed E-state index contributed by atoms with van der Waals surface area (Å²) in [6.07, 6.45) is 1.57. The highest BCUT2D eigenvalue weighted by atomic mass is 79.9. The number of ether oxygens (including phenoxy) is 2. The van der Waals surface area contributed by atoms with E-state index in [0.717, 1.165) is 20.8 Å². The number of thiocarbonyl (C=S) groups is 1. The van der Waals surface area contributed by atoms with Crippen molar-refractivity contribution in [3.8, 4) is 11.5 Å². The fourth-order valence-electron chi connectivity index (χ4n) is 3.88. The summed E-state index contributed by atoms with van der Waals surface area (Å²) in [4.78, 5) is 27.9. The van der Waals surface area contributed by atoms with E-state index in [4.69, 9.17) is 21.7 Å². The van der Waals surface area contributed by atoms with Gasteiger partial charge in [-0.15, -0.1) is 0 Å². The van der Waals surface area contributed by atoms with E-state index in [1.54, 1.807) is 12.1 Å². The Bertz CT molecular complexity index is 1350. The van der Waals surface area contributed by atoms with Crippen molar-refractivity contribution in [2.24, 2.45) is 0 Å². The van der Waals surface area contributed by atoms with Gasteiger partial charge in [-0.25, -0.2) is 0 Å². The third-order valence-electron chi connectivity index (χ3n) is 5.40. The fraction of sp³-hybridized carbons (Fsp3) is 0.192. The number of benzene rings is 3. The summed E-state index contributed by atoms with van der Waals surface area (Å²) >= 11 is 8.79. The number of amides is 2. The monoisotopic (exact) mass is 538 g/mol. The summed E-state index contributed by atoms with van der Waals surface area (Å²) in [5, 5.41) is 4.43. The average molecular weight is 539 g/mol. The van der Waals surface area contributed by atoms with Crippen molar-refractivity contribution in [3.63, 3.8) is 0 Å². The maximum atomic E-state index is 13.6. The third kappa shape index (κ3) is 4.56. The molecule has 3 aromatic carbocycles. The van der Waals surface area contributed by atoms with Crippen molar-refractivity contribution >= 4 is 67.6 Å². The van der Waals surface area contributed by atoms with Crippen molar-refractivity contribution in [2.75, 3.05) is 18.1 Å². The van der Waals surface area contributed by atoms with Gasteiger partial charge in [0, 0.05) is 10.0 Å². The van der Waals surface area contributed by atoms with Crippen LogP contribution in [0.5, 0.6) is 11.5 Å². The standard InChI is InChI=1S/C26H23BrN2O4S/c1-4-32-18-9-6-16-7-11-23(33-5-2)20(19(16)13-18)14-21-24(30)28-26(34)29(25(21)31)22-10-8-17(27)12-15(22)3/h6-14H,4-5H2,1-3H3,(H,28,30,34)/b21-14+. The van der Waals surface area contributed by atoms with Gasteiger partial charge in [-0.1, -0.05) is 28.1 Å². The molecule has 0 spiro atoms. The number of carbonyl (C=O) groups excluding carboxylic acids is 2. The molecule has 1 N–H and O–H groups in total. The highest BCUT2D eigenvalue weighted by Crippen LogP contribution is 2.34. The summed E-state index contributed by atoms with van der Waals surface area (Å²) in [5.41, 5.74) is 2.03. The molecule has 1 aliphatic heterocycles. The van der Waals surface area contributed by atoms with E-state index in [1.807, 2.05) is 63.2 Å². The molecule has 6 nitrogen and oxygen atoms in total. The van der Waals surface area contributed by atoms with Crippen molar-refractivity contribution < 1.29 is 19.1 Å². The molecule has 0 aromatic heterocycles. The molecule has 0 saturated carbocycles. The van der Waals surface area contributed by atoms with Gasteiger partial charge in [0.2, 0.25) is 0 Å². The molecular weight excluding hydrogens is 516 g/mol. The van der Waals surface area contributed by atoms with E-state index in [1.165, 1.54) is 4.90 Å². The smallest absolute Gasteiger partial charge is 0.270 e. The Labute approximate surface area is 211 Å². The zero-order valence-electron chi connectivity index (χ0n) is 19.0. The minimum absolute atomic E-state index is 0.0359. The summed E-state index contributed by atoms with van der Waals surface area (Å²) in [6, 6.07) is 15.0. The first-order valence-corrected chi connectivity index (χ1v) is 12.0. The van der Waals surface area contributed by atoms with Gasteiger partial charge in [-0.3, -0.25) is 19.8 Å². The number of aryl methyl sites for hydroxylation is 1. The van der Waals surface area contributed by atoms with Gasteiger partial charge in [-0.05, 0) is 91.8 Å². The number of anilines is 1. The predicted molar refractivity (Wildman–Crippen MR) is 141 cm³/mol. The van der Waals surface area contributed by atoms with Crippen molar-refractivity contribution in [2.45, 2.75) is 20.8 Å². The molecule has 0 radical (unpaired) electrons. The molecule has 0 unspecified atom stereocenters. The second kappa shape index (κ2) is 9.95. The molecule has 8 heteroatoms. The normalized spacial score (nSPS) is 15.1. The quantitative estimate of drug-likeness (QED) is 0.253. The molecule has 1 heterocycles. The number of rotatable bonds is 6. The van der Waals surface area contributed by atoms with E-state index in [-0.39, 0.29) is 10.7 Å². The first-order valence-electron chi connectivity index (χ1n) is 10.8. The molecule has 0 bridgehead atoms. The van der Waals surface area contributed by atoms with Crippen molar-refractivity contribution in [1.29, 1.82) is 0 Å². The van der Waals surface area contributed by atoms with E-state index in [2.05, 4.69) is 21.2 Å². The first-order chi connectivity index (χ1) is 16.3. The van der Waals surface area contributed by atoms with Crippen LogP contribution in [0.4, 0.5) is 5.69 Å². The second-order valence-electron chi connectivity index (χ2n) is 7.62. The van der Waals surface area contributed by atoms with Crippen LogP contribution in [0.2, 0.25) is 0 Å². The van der Waals surface area contributed by atoms with Gasteiger partial charge in [0.15, 0.2) is 5.11 Å². The summed E-state index contributed by atoms with van der Waals surface area (Å²) in [6.45, 7) is 6.63. The Morgan fingerprint density at radius 2 is 1.76 bits per heavy atom. The number of fused-ring (bicyclic) bond motifs is 1. The van der Waals surface area contributed by atoms with E-state index >= 15 is 0 Å². The third-order valence-corrected chi connectivity index (χ3v) is 6.17. The number of nitrogens with zero attached hydrogens (tertiary/aromatic N) is 1. The molecule has 34 heavy (non-hydrogen) atoms. The molecule has 174 valence electrons. The van der Waals surface area contributed by atoms with Crippen molar-refractivity contribution in [3.05, 3.63) is 69.7 Å². The lowest BCUT2D eigenvalue weighted by Gasteiger charge is -2.30. The van der Waals surface area contributed by atoms with Gasteiger partial charge >= 0.3 is 0 Å². The number of halogens is 1. The van der Waals surface area contributed by atoms with Crippen LogP contribution in [0.15, 0.2) is 58.6 Å². The lowest BCUT2D eigenvalue weighted by molar-refractivity contribution is -0.122. The van der Waals surface area contributed by atoms with Crippen LogP contribution in [-0.4, -0.2) is 30.1 Å². The second-order valence-corrected chi connectivity index (χ2v) is 8.92. The van der Waals surface area contributed by atoms with E-state index in [9.17, 15) is 9.59 Å². The van der Waals surface area contributed by atoms with Crippen LogP contribution in [-0.2, 0) is 9.59 Å². The molecule has 2 amide bonds. The maximum Gasteiger partial charge on any atom is 0.270 e.